The van der Waals surface area contributed by atoms with Crippen LogP contribution in [-0.4, -0.2) is 53.6 Å². The molecule has 3 rings (SSSR count). The molecule has 1 amide bonds. The minimum atomic E-state index is -0.486. The third-order valence-electron chi connectivity index (χ3n) is 4.94. The van der Waals surface area contributed by atoms with Crippen molar-refractivity contribution in [1.29, 1.82) is 0 Å². The van der Waals surface area contributed by atoms with Crippen LogP contribution in [0.2, 0.25) is 0 Å². The van der Waals surface area contributed by atoms with E-state index in [-0.39, 0.29) is 29.7 Å². The zero-order valence-corrected chi connectivity index (χ0v) is 13.7. The number of amides is 1. The lowest BCUT2D eigenvalue weighted by Crippen LogP contribution is -2.37. The Labute approximate surface area is 141 Å². The molecule has 24 heavy (non-hydrogen) atoms. The van der Waals surface area contributed by atoms with E-state index in [1.165, 1.54) is 6.07 Å². The molecule has 1 aromatic carbocycles. The van der Waals surface area contributed by atoms with Crippen molar-refractivity contribution in [2.45, 2.75) is 25.7 Å². The highest BCUT2D eigenvalue weighted by molar-refractivity contribution is 5.99. The van der Waals surface area contributed by atoms with Crippen molar-refractivity contribution in [3.63, 3.8) is 0 Å². The van der Waals surface area contributed by atoms with Crippen LogP contribution in [0.4, 0.5) is 11.4 Å². The predicted octanol–water partition coefficient (Wildman–Crippen LogP) is 2.04. The lowest BCUT2D eigenvalue weighted by Gasteiger charge is -2.33. The highest BCUT2D eigenvalue weighted by Crippen LogP contribution is 2.30. The number of aliphatic hydroxyl groups excluding tert-OH is 1. The second-order valence-corrected chi connectivity index (χ2v) is 6.59. The molecule has 1 atom stereocenters. The molecule has 0 bridgehead atoms. The first-order chi connectivity index (χ1) is 11.6. The topological polar surface area (TPSA) is 86.9 Å². The molecule has 1 N–H and O–H groups in total. The van der Waals surface area contributed by atoms with Gasteiger partial charge in [0.05, 0.1) is 4.92 Å². The van der Waals surface area contributed by atoms with E-state index < -0.39 is 4.92 Å². The van der Waals surface area contributed by atoms with Crippen LogP contribution in [0, 0.1) is 16.0 Å². The first kappa shape index (κ1) is 16.7. The number of aliphatic hydroxyl groups is 1. The molecule has 0 radical (unpaired) electrons. The van der Waals surface area contributed by atoms with Gasteiger partial charge in [-0.25, -0.2) is 0 Å². The predicted molar refractivity (Wildman–Crippen MR) is 90.3 cm³/mol. The summed E-state index contributed by atoms with van der Waals surface area (Å²) in [4.78, 5) is 27.3. The number of anilines is 1. The molecule has 130 valence electrons. The fourth-order valence-corrected chi connectivity index (χ4v) is 3.59. The number of hydrogen-bond acceptors (Lipinski definition) is 5. The summed E-state index contributed by atoms with van der Waals surface area (Å²) in [6, 6.07) is 4.79. The van der Waals surface area contributed by atoms with Gasteiger partial charge in [-0.3, -0.25) is 14.9 Å². The molecule has 2 saturated heterocycles. The summed E-state index contributed by atoms with van der Waals surface area (Å²) in [6.07, 6.45) is 3.85. The van der Waals surface area contributed by atoms with Crippen molar-refractivity contribution < 1.29 is 14.8 Å². The van der Waals surface area contributed by atoms with Crippen LogP contribution in [0.25, 0.3) is 0 Å². The fraction of sp³-hybridized carbons (Fsp3) is 0.588. The van der Waals surface area contributed by atoms with Gasteiger partial charge in [0.25, 0.3) is 11.6 Å². The van der Waals surface area contributed by atoms with Crippen molar-refractivity contribution in [3.8, 4) is 0 Å². The standard InChI is InChI=1S/C17H23N3O4/c21-12-13-4-3-9-19(11-13)14-5-6-16(20(23)24)15(10-14)17(22)18-7-1-2-8-18/h5-6,10,13,21H,1-4,7-9,11-12H2. The van der Waals surface area contributed by atoms with Crippen LogP contribution in [0.3, 0.4) is 0 Å². The number of rotatable bonds is 4. The molecule has 2 aliphatic heterocycles. The maximum Gasteiger partial charge on any atom is 0.282 e. The van der Waals surface area contributed by atoms with Gasteiger partial charge in [-0.15, -0.1) is 0 Å². The van der Waals surface area contributed by atoms with Gasteiger partial charge in [0.15, 0.2) is 0 Å². The lowest BCUT2D eigenvalue weighted by atomic mass is 9.98. The minimum Gasteiger partial charge on any atom is -0.396 e. The Bertz CT molecular complexity index is 628. The molecule has 7 heteroatoms. The summed E-state index contributed by atoms with van der Waals surface area (Å²) in [5.41, 5.74) is 0.859. The van der Waals surface area contributed by atoms with E-state index in [2.05, 4.69) is 4.90 Å². The van der Waals surface area contributed by atoms with Crippen molar-refractivity contribution in [1.82, 2.24) is 4.90 Å². The number of carbonyl (C=O) groups excluding carboxylic acids is 1. The van der Waals surface area contributed by atoms with Gasteiger partial charge in [0, 0.05) is 44.5 Å². The average molecular weight is 333 g/mol. The smallest absolute Gasteiger partial charge is 0.282 e. The molecular weight excluding hydrogens is 310 g/mol. The molecule has 2 aliphatic rings. The molecule has 2 heterocycles. The summed E-state index contributed by atoms with van der Waals surface area (Å²) in [5, 5.41) is 20.7. The van der Waals surface area contributed by atoms with E-state index in [0.717, 1.165) is 37.9 Å². The second kappa shape index (κ2) is 7.17. The van der Waals surface area contributed by atoms with E-state index in [0.29, 0.717) is 19.6 Å². The van der Waals surface area contributed by atoms with Crippen molar-refractivity contribution >= 4 is 17.3 Å². The summed E-state index contributed by atoms with van der Waals surface area (Å²) < 4.78 is 0. The normalized spacial score (nSPS) is 21.1. The molecule has 0 aromatic heterocycles. The molecular formula is C17H23N3O4. The van der Waals surface area contributed by atoms with Gasteiger partial charge in [0.2, 0.25) is 0 Å². The van der Waals surface area contributed by atoms with Crippen molar-refractivity contribution in [2.75, 3.05) is 37.7 Å². The molecule has 0 aliphatic carbocycles. The lowest BCUT2D eigenvalue weighted by molar-refractivity contribution is -0.385. The van der Waals surface area contributed by atoms with Gasteiger partial charge in [-0.05, 0) is 43.7 Å². The summed E-state index contributed by atoms with van der Waals surface area (Å²) in [6.45, 7) is 3.02. The second-order valence-electron chi connectivity index (χ2n) is 6.59. The van der Waals surface area contributed by atoms with Gasteiger partial charge in [-0.1, -0.05) is 0 Å². The molecule has 7 nitrogen and oxygen atoms in total. The molecule has 1 aromatic rings. The number of nitrogens with zero attached hydrogens (tertiary/aromatic N) is 3. The summed E-state index contributed by atoms with van der Waals surface area (Å²) >= 11 is 0. The quantitative estimate of drug-likeness (QED) is 0.673. The van der Waals surface area contributed by atoms with E-state index in [4.69, 9.17) is 0 Å². The molecule has 2 fully saturated rings. The average Bonchev–Trinajstić information content (AvgIpc) is 3.15. The molecule has 0 saturated carbocycles. The SMILES string of the molecule is O=C(c1cc(N2CCCC(CO)C2)ccc1[N+](=O)[O-])N1CCCC1. The number of nitro benzene ring substituents is 1. The maximum absolute atomic E-state index is 12.7. The number of benzene rings is 1. The Morgan fingerprint density at radius 3 is 2.67 bits per heavy atom. The number of carbonyl (C=O) groups is 1. The highest BCUT2D eigenvalue weighted by Gasteiger charge is 2.28. The number of hydrogen-bond donors (Lipinski definition) is 1. The Morgan fingerprint density at radius 1 is 1.25 bits per heavy atom. The summed E-state index contributed by atoms with van der Waals surface area (Å²) in [7, 11) is 0. The van der Waals surface area contributed by atoms with Crippen LogP contribution in [0.15, 0.2) is 18.2 Å². The van der Waals surface area contributed by atoms with Gasteiger partial charge in [-0.2, -0.15) is 0 Å². The molecule has 1 unspecified atom stereocenters. The maximum atomic E-state index is 12.7. The van der Waals surface area contributed by atoms with E-state index in [1.807, 2.05) is 0 Å². The number of likely N-dealkylation sites (tertiary alicyclic amines) is 1. The number of piperidine rings is 1. The fourth-order valence-electron chi connectivity index (χ4n) is 3.59. The van der Waals surface area contributed by atoms with E-state index in [9.17, 15) is 20.0 Å². The van der Waals surface area contributed by atoms with Crippen molar-refractivity contribution in [3.05, 3.63) is 33.9 Å². The monoisotopic (exact) mass is 333 g/mol. The first-order valence-electron chi connectivity index (χ1n) is 8.53. The van der Waals surface area contributed by atoms with Gasteiger partial charge >= 0.3 is 0 Å². The van der Waals surface area contributed by atoms with Crippen LogP contribution < -0.4 is 4.90 Å². The van der Waals surface area contributed by atoms with Gasteiger partial charge < -0.3 is 14.9 Å². The largest absolute Gasteiger partial charge is 0.396 e. The zero-order valence-electron chi connectivity index (χ0n) is 13.7. The van der Waals surface area contributed by atoms with E-state index in [1.54, 1.807) is 17.0 Å². The van der Waals surface area contributed by atoms with Crippen LogP contribution in [-0.2, 0) is 0 Å². The first-order valence-corrected chi connectivity index (χ1v) is 8.53. The Morgan fingerprint density at radius 2 is 2.00 bits per heavy atom. The Balaban J connectivity index is 1.90. The van der Waals surface area contributed by atoms with Crippen LogP contribution in [0.1, 0.15) is 36.0 Å². The third-order valence-corrected chi connectivity index (χ3v) is 4.94. The highest BCUT2D eigenvalue weighted by atomic mass is 16.6. The Kier molecular flexibility index (Phi) is 4.99. The van der Waals surface area contributed by atoms with Crippen LogP contribution in [0.5, 0.6) is 0 Å². The van der Waals surface area contributed by atoms with Gasteiger partial charge in [0.1, 0.15) is 5.56 Å². The van der Waals surface area contributed by atoms with E-state index >= 15 is 0 Å². The minimum absolute atomic E-state index is 0.133. The van der Waals surface area contributed by atoms with Crippen molar-refractivity contribution in [2.24, 2.45) is 5.92 Å². The Hall–Kier alpha value is -2.15. The summed E-state index contributed by atoms with van der Waals surface area (Å²) in [5.74, 6) is -0.0385. The van der Waals surface area contributed by atoms with Crippen LogP contribution >= 0.6 is 0 Å². The number of nitro groups is 1. The third kappa shape index (κ3) is 3.36. The molecule has 0 spiro atoms. The zero-order chi connectivity index (χ0) is 17.1.